The van der Waals surface area contributed by atoms with Crippen molar-refractivity contribution < 1.29 is 4.79 Å². The maximum absolute atomic E-state index is 12.4. The topological polar surface area (TPSA) is 82.7 Å². The Bertz CT molecular complexity index is 860. The van der Waals surface area contributed by atoms with Crippen molar-refractivity contribution in [2.75, 3.05) is 5.32 Å². The van der Waals surface area contributed by atoms with Gasteiger partial charge in [0.1, 0.15) is 0 Å². The number of aromatic amines is 1. The second kappa shape index (κ2) is 7.81. The Hall–Kier alpha value is -2.86. The normalized spacial score (nSPS) is 10.5. The van der Waals surface area contributed by atoms with Gasteiger partial charge in [0.25, 0.3) is 5.91 Å². The van der Waals surface area contributed by atoms with E-state index in [1.165, 1.54) is 5.56 Å². The molecule has 0 spiro atoms. The highest BCUT2D eigenvalue weighted by atomic mass is 35.5. The minimum Gasteiger partial charge on any atom is -0.346 e. The SMILES string of the molecule is CCc1ccc(Nc2n[nH]nc2C(=O)NCc2ccccc2Cl)cc1. The van der Waals surface area contributed by atoms with Gasteiger partial charge >= 0.3 is 0 Å². The van der Waals surface area contributed by atoms with Crippen LogP contribution < -0.4 is 10.6 Å². The van der Waals surface area contributed by atoms with Gasteiger partial charge < -0.3 is 10.6 Å². The summed E-state index contributed by atoms with van der Waals surface area (Å²) >= 11 is 6.10. The zero-order valence-electron chi connectivity index (χ0n) is 13.7. The van der Waals surface area contributed by atoms with Crippen molar-refractivity contribution in [2.24, 2.45) is 0 Å². The van der Waals surface area contributed by atoms with Gasteiger partial charge in [-0.25, -0.2) is 0 Å². The van der Waals surface area contributed by atoms with Crippen molar-refractivity contribution in [3.8, 4) is 0 Å². The Kier molecular flexibility index (Phi) is 5.30. The van der Waals surface area contributed by atoms with E-state index in [0.29, 0.717) is 17.4 Å². The van der Waals surface area contributed by atoms with Gasteiger partial charge in [-0.15, -0.1) is 10.2 Å². The molecule has 0 aliphatic carbocycles. The number of aromatic nitrogens is 3. The largest absolute Gasteiger partial charge is 0.346 e. The van der Waals surface area contributed by atoms with Crippen LogP contribution in [-0.4, -0.2) is 21.3 Å². The van der Waals surface area contributed by atoms with Gasteiger partial charge in [0.05, 0.1) is 0 Å². The molecule has 3 aromatic rings. The van der Waals surface area contributed by atoms with Gasteiger partial charge in [-0.1, -0.05) is 48.9 Å². The lowest BCUT2D eigenvalue weighted by molar-refractivity contribution is 0.0946. The standard InChI is InChI=1S/C18H18ClN5O/c1-2-12-7-9-14(10-8-12)21-17-16(22-24-23-17)18(25)20-11-13-5-3-4-6-15(13)19/h3-10H,2,11H2,1H3,(H,20,25)(H2,21,22,23,24). The van der Waals surface area contributed by atoms with Crippen LogP contribution in [0.15, 0.2) is 48.5 Å². The molecule has 2 aromatic carbocycles. The van der Waals surface area contributed by atoms with E-state index >= 15 is 0 Å². The van der Waals surface area contributed by atoms with Crippen molar-refractivity contribution in [1.29, 1.82) is 0 Å². The summed E-state index contributed by atoms with van der Waals surface area (Å²) in [7, 11) is 0. The molecular weight excluding hydrogens is 338 g/mol. The number of aryl methyl sites for hydroxylation is 1. The minimum atomic E-state index is -0.332. The van der Waals surface area contributed by atoms with E-state index in [0.717, 1.165) is 17.7 Å². The molecule has 0 saturated heterocycles. The van der Waals surface area contributed by atoms with E-state index < -0.39 is 0 Å². The molecule has 0 atom stereocenters. The molecule has 1 heterocycles. The monoisotopic (exact) mass is 355 g/mol. The van der Waals surface area contributed by atoms with Gasteiger partial charge in [0.2, 0.25) is 0 Å². The highest BCUT2D eigenvalue weighted by Crippen LogP contribution is 2.18. The average Bonchev–Trinajstić information content (AvgIpc) is 3.09. The Labute approximate surface area is 150 Å². The second-order valence-corrected chi connectivity index (χ2v) is 5.88. The van der Waals surface area contributed by atoms with E-state index in [2.05, 4.69) is 33.0 Å². The summed E-state index contributed by atoms with van der Waals surface area (Å²) in [5.41, 5.74) is 3.12. The molecule has 6 nitrogen and oxygen atoms in total. The molecule has 25 heavy (non-hydrogen) atoms. The Morgan fingerprint density at radius 3 is 2.60 bits per heavy atom. The van der Waals surface area contributed by atoms with Crippen molar-refractivity contribution in [3.63, 3.8) is 0 Å². The van der Waals surface area contributed by atoms with E-state index in [1.54, 1.807) is 6.07 Å². The third-order valence-electron chi connectivity index (χ3n) is 3.79. The van der Waals surface area contributed by atoms with Gasteiger partial charge in [0.15, 0.2) is 11.5 Å². The van der Waals surface area contributed by atoms with E-state index in [-0.39, 0.29) is 11.6 Å². The van der Waals surface area contributed by atoms with Crippen LogP contribution in [0, 0.1) is 0 Å². The summed E-state index contributed by atoms with van der Waals surface area (Å²) in [6, 6.07) is 15.3. The number of nitrogens with zero attached hydrogens (tertiary/aromatic N) is 2. The third kappa shape index (κ3) is 4.16. The number of hydrogen-bond donors (Lipinski definition) is 3. The van der Waals surface area contributed by atoms with Crippen LogP contribution in [0.1, 0.15) is 28.5 Å². The molecule has 1 amide bonds. The highest BCUT2D eigenvalue weighted by molar-refractivity contribution is 6.31. The number of carbonyl (C=O) groups is 1. The van der Waals surface area contributed by atoms with Gasteiger partial charge in [0, 0.05) is 17.3 Å². The molecular formula is C18H18ClN5O. The Morgan fingerprint density at radius 1 is 1.12 bits per heavy atom. The first-order chi connectivity index (χ1) is 12.2. The lowest BCUT2D eigenvalue weighted by atomic mass is 10.1. The molecule has 0 fully saturated rings. The molecule has 0 unspecified atom stereocenters. The molecule has 0 saturated carbocycles. The molecule has 3 N–H and O–H groups in total. The number of hydrogen-bond acceptors (Lipinski definition) is 4. The summed E-state index contributed by atoms with van der Waals surface area (Å²) in [6.07, 6.45) is 0.972. The maximum Gasteiger partial charge on any atom is 0.275 e. The highest BCUT2D eigenvalue weighted by Gasteiger charge is 2.16. The number of halogens is 1. The first-order valence-corrected chi connectivity index (χ1v) is 8.33. The number of rotatable bonds is 6. The number of H-pyrrole nitrogens is 1. The Morgan fingerprint density at radius 2 is 1.88 bits per heavy atom. The van der Waals surface area contributed by atoms with Crippen LogP contribution in [0.5, 0.6) is 0 Å². The summed E-state index contributed by atoms with van der Waals surface area (Å²) in [5.74, 6) is 0.0438. The summed E-state index contributed by atoms with van der Waals surface area (Å²) in [4.78, 5) is 12.4. The van der Waals surface area contributed by atoms with Crippen LogP contribution in [0.2, 0.25) is 5.02 Å². The van der Waals surface area contributed by atoms with Gasteiger partial charge in [-0.05, 0) is 35.7 Å². The lowest BCUT2D eigenvalue weighted by Gasteiger charge is -2.08. The first kappa shape index (κ1) is 17.0. The molecule has 0 bridgehead atoms. The number of nitrogens with one attached hydrogen (secondary N) is 3. The molecule has 7 heteroatoms. The summed E-state index contributed by atoms with van der Waals surface area (Å²) in [5, 5.41) is 16.9. The fraction of sp³-hybridized carbons (Fsp3) is 0.167. The molecule has 128 valence electrons. The molecule has 0 radical (unpaired) electrons. The van der Waals surface area contributed by atoms with Crippen LogP contribution in [0.25, 0.3) is 0 Å². The summed E-state index contributed by atoms with van der Waals surface area (Å²) in [6.45, 7) is 2.41. The fourth-order valence-electron chi connectivity index (χ4n) is 2.34. The maximum atomic E-state index is 12.4. The number of anilines is 2. The van der Waals surface area contributed by atoms with Crippen LogP contribution in [0.3, 0.4) is 0 Å². The third-order valence-corrected chi connectivity index (χ3v) is 4.15. The quantitative estimate of drug-likeness (QED) is 0.629. The lowest BCUT2D eigenvalue weighted by Crippen LogP contribution is -2.24. The predicted molar refractivity (Wildman–Crippen MR) is 98.1 cm³/mol. The zero-order chi connectivity index (χ0) is 17.6. The van der Waals surface area contributed by atoms with Crippen molar-refractivity contribution >= 4 is 29.0 Å². The van der Waals surface area contributed by atoms with Crippen molar-refractivity contribution in [1.82, 2.24) is 20.7 Å². The predicted octanol–water partition coefficient (Wildman–Crippen LogP) is 3.69. The molecule has 3 rings (SSSR count). The fourth-order valence-corrected chi connectivity index (χ4v) is 2.54. The van der Waals surface area contributed by atoms with Crippen LogP contribution in [-0.2, 0) is 13.0 Å². The van der Waals surface area contributed by atoms with Crippen LogP contribution >= 0.6 is 11.6 Å². The average molecular weight is 356 g/mol. The van der Waals surface area contributed by atoms with E-state index in [9.17, 15) is 4.79 Å². The zero-order valence-corrected chi connectivity index (χ0v) is 14.5. The van der Waals surface area contributed by atoms with Gasteiger partial charge in [-0.3, -0.25) is 4.79 Å². The Balaban J connectivity index is 1.67. The van der Waals surface area contributed by atoms with E-state index in [4.69, 9.17) is 11.6 Å². The van der Waals surface area contributed by atoms with E-state index in [1.807, 2.05) is 42.5 Å². The number of amides is 1. The first-order valence-electron chi connectivity index (χ1n) is 7.95. The second-order valence-electron chi connectivity index (χ2n) is 5.47. The number of benzene rings is 2. The van der Waals surface area contributed by atoms with Gasteiger partial charge in [-0.2, -0.15) is 5.21 Å². The van der Waals surface area contributed by atoms with Crippen LogP contribution in [0.4, 0.5) is 11.5 Å². The smallest absolute Gasteiger partial charge is 0.275 e. The molecule has 1 aromatic heterocycles. The molecule has 0 aliphatic rings. The van der Waals surface area contributed by atoms with Crippen molar-refractivity contribution in [3.05, 3.63) is 70.4 Å². The summed E-state index contributed by atoms with van der Waals surface area (Å²) < 4.78 is 0. The van der Waals surface area contributed by atoms with Crippen molar-refractivity contribution in [2.45, 2.75) is 19.9 Å². The minimum absolute atomic E-state index is 0.201. The molecule has 0 aliphatic heterocycles. The number of carbonyl (C=O) groups excluding carboxylic acids is 1.